The van der Waals surface area contributed by atoms with E-state index in [1.807, 2.05) is 0 Å². The van der Waals surface area contributed by atoms with Crippen molar-refractivity contribution in [2.24, 2.45) is 0 Å². The third-order valence-corrected chi connectivity index (χ3v) is 3.94. The number of nitro benzene ring substituents is 1. The van der Waals surface area contributed by atoms with Crippen molar-refractivity contribution in [3.05, 3.63) is 74.9 Å². The molecule has 1 unspecified atom stereocenters. The van der Waals surface area contributed by atoms with Crippen molar-refractivity contribution in [2.45, 2.75) is 13.2 Å². The third-order valence-electron chi connectivity index (χ3n) is 3.71. The maximum Gasteiger partial charge on any atom is 0.271 e. The van der Waals surface area contributed by atoms with E-state index in [1.165, 1.54) is 24.4 Å². The van der Waals surface area contributed by atoms with Gasteiger partial charge in [-0.2, -0.15) is 0 Å². The predicted octanol–water partition coefficient (Wildman–Crippen LogP) is 4.18. The zero-order valence-corrected chi connectivity index (χ0v) is 14.5. The van der Waals surface area contributed by atoms with Crippen LogP contribution in [0.1, 0.15) is 17.3 Å². The maximum absolute atomic E-state index is 12.8. The second kappa shape index (κ2) is 7.55. The Morgan fingerprint density at radius 3 is 2.88 bits per heavy atom. The Morgan fingerprint density at radius 1 is 1.35 bits per heavy atom. The fourth-order valence-corrected chi connectivity index (χ4v) is 2.67. The van der Waals surface area contributed by atoms with Crippen molar-refractivity contribution in [3.8, 4) is 5.75 Å². The van der Waals surface area contributed by atoms with E-state index in [1.54, 1.807) is 31.2 Å². The molecule has 26 heavy (non-hydrogen) atoms. The number of nitrogens with zero attached hydrogens (tertiary/aromatic N) is 1. The minimum absolute atomic E-state index is 0.0573. The molecule has 1 atom stereocenters. The van der Waals surface area contributed by atoms with Crippen LogP contribution in [0.3, 0.4) is 0 Å². The molecule has 3 rings (SSSR count). The van der Waals surface area contributed by atoms with Gasteiger partial charge in [0.1, 0.15) is 5.75 Å². The second-order valence-corrected chi connectivity index (χ2v) is 5.86. The van der Waals surface area contributed by atoms with E-state index >= 15 is 0 Å². The van der Waals surface area contributed by atoms with E-state index in [4.69, 9.17) is 21.1 Å². The molecule has 0 aliphatic carbocycles. The van der Waals surface area contributed by atoms with Crippen LogP contribution in [-0.4, -0.2) is 23.6 Å². The number of Topliss-reactive ketones (excluding diaryl/α,β-unsaturated/α-hetero) is 1. The van der Waals surface area contributed by atoms with Crippen LogP contribution in [0.2, 0.25) is 5.02 Å². The number of ether oxygens (including phenoxy) is 2. The zero-order valence-electron chi connectivity index (χ0n) is 13.8. The van der Waals surface area contributed by atoms with E-state index in [0.29, 0.717) is 28.6 Å². The minimum Gasteiger partial charge on any atom is -0.460 e. The lowest BCUT2D eigenvalue weighted by Gasteiger charge is -2.27. The van der Waals surface area contributed by atoms with Crippen LogP contribution in [0.4, 0.5) is 11.4 Å². The molecule has 1 N–H and O–H groups in total. The molecule has 1 heterocycles. The Labute approximate surface area is 154 Å². The van der Waals surface area contributed by atoms with Gasteiger partial charge in [0, 0.05) is 35.6 Å². The molecule has 7 nitrogen and oxygen atoms in total. The van der Waals surface area contributed by atoms with Crippen molar-refractivity contribution < 1.29 is 19.2 Å². The highest BCUT2D eigenvalue weighted by Gasteiger charge is 2.32. The lowest BCUT2D eigenvalue weighted by atomic mass is 10.00. The first-order valence-electron chi connectivity index (χ1n) is 7.83. The number of ketones is 1. The Kier molecular flexibility index (Phi) is 5.20. The van der Waals surface area contributed by atoms with Crippen LogP contribution >= 0.6 is 11.6 Å². The van der Waals surface area contributed by atoms with Crippen molar-refractivity contribution in [1.82, 2.24) is 0 Å². The average Bonchev–Trinajstić information content (AvgIpc) is 2.62. The van der Waals surface area contributed by atoms with Crippen LogP contribution in [0.15, 0.2) is 54.2 Å². The highest BCUT2D eigenvalue weighted by molar-refractivity contribution is 6.31. The number of carbonyl (C=O) groups excluding carboxylic acids is 1. The van der Waals surface area contributed by atoms with E-state index in [2.05, 4.69) is 5.32 Å². The standard InChI is InChI=1S/C18H15ClN2O5/c1-2-25-18-15(10-20-12-4-3-5-13(9-12)21(23)24)17(22)14-8-11(19)6-7-16(14)26-18/h3-10,18,20H,2H2,1H3/b15-10-. The second-order valence-electron chi connectivity index (χ2n) is 5.43. The topological polar surface area (TPSA) is 90.7 Å². The summed E-state index contributed by atoms with van der Waals surface area (Å²) in [7, 11) is 0. The number of carbonyl (C=O) groups is 1. The summed E-state index contributed by atoms with van der Waals surface area (Å²) < 4.78 is 11.3. The summed E-state index contributed by atoms with van der Waals surface area (Å²) in [4.78, 5) is 23.2. The number of non-ortho nitro benzene ring substituents is 1. The summed E-state index contributed by atoms with van der Waals surface area (Å²) in [5.74, 6) is 0.107. The molecule has 134 valence electrons. The number of halogens is 1. The average molecular weight is 375 g/mol. The fourth-order valence-electron chi connectivity index (χ4n) is 2.50. The summed E-state index contributed by atoms with van der Waals surface area (Å²) >= 11 is 5.97. The van der Waals surface area contributed by atoms with Gasteiger partial charge >= 0.3 is 0 Å². The first-order valence-corrected chi connectivity index (χ1v) is 8.21. The van der Waals surface area contributed by atoms with E-state index in [0.717, 1.165) is 0 Å². The van der Waals surface area contributed by atoms with Crippen LogP contribution in [0.5, 0.6) is 5.75 Å². The zero-order chi connectivity index (χ0) is 18.7. The van der Waals surface area contributed by atoms with Gasteiger partial charge in [-0.1, -0.05) is 17.7 Å². The van der Waals surface area contributed by atoms with Crippen LogP contribution in [0, 0.1) is 10.1 Å². The molecule has 0 saturated heterocycles. The number of nitro groups is 1. The number of rotatable bonds is 5. The first kappa shape index (κ1) is 17.9. The number of hydrogen-bond donors (Lipinski definition) is 1. The third kappa shape index (κ3) is 3.68. The fraction of sp³-hybridized carbons (Fsp3) is 0.167. The van der Waals surface area contributed by atoms with Crippen LogP contribution < -0.4 is 10.1 Å². The Bertz CT molecular complexity index is 897. The smallest absolute Gasteiger partial charge is 0.271 e. The number of anilines is 1. The number of fused-ring (bicyclic) bond motifs is 1. The molecule has 2 aromatic carbocycles. The van der Waals surface area contributed by atoms with Gasteiger partial charge in [-0.3, -0.25) is 14.9 Å². The van der Waals surface area contributed by atoms with E-state index in [-0.39, 0.29) is 17.0 Å². The highest BCUT2D eigenvalue weighted by Crippen LogP contribution is 2.33. The highest BCUT2D eigenvalue weighted by atomic mass is 35.5. The van der Waals surface area contributed by atoms with Gasteiger partial charge in [-0.05, 0) is 31.2 Å². The molecule has 0 aromatic heterocycles. The quantitative estimate of drug-likeness (QED) is 0.479. The normalized spacial score (nSPS) is 17.5. The van der Waals surface area contributed by atoms with Crippen LogP contribution in [0.25, 0.3) is 0 Å². The molecule has 0 fully saturated rings. The number of benzene rings is 2. The van der Waals surface area contributed by atoms with Gasteiger partial charge in [0.15, 0.2) is 0 Å². The maximum atomic E-state index is 12.8. The van der Waals surface area contributed by atoms with Crippen molar-refractivity contribution in [3.63, 3.8) is 0 Å². The molecule has 0 bridgehead atoms. The molecular formula is C18H15ClN2O5. The molecule has 1 aliphatic rings. The molecule has 2 aromatic rings. The Morgan fingerprint density at radius 2 is 2.15 bits per heavy atom. The summed E-state index contributed by atoms with van der Waals surface area (Å²) in [5, 5.41) is 14.2. The SMILES string of the molecule is CCOC1Oc2ccc(Cl)cc2C(=O)/C1=C/Nc1cccc([N+](=O)[O-])c1. The Balaban J connectivity index is 1.93. The van der Waals surface area contributed by atoms with Crippen molar-refractivity contribution >= 4 is 28.8 Å². The summed E-state index contributed by atoms with van der Waals surface area (Å²) in [6, 6.07) is 10.7. The molecular weight excluding hydrogens is 360 g/mol. The van der Waals surface area contributed by atoms with Gasteiger partial charge < -0.3 is 14.8 Å². The molecule has 8 heteroatoms. The predicted molar refractivity (Wildman–Crippen MR) is 96.6 cm³/mol. The van der Waals surface area contributed by atoms with Gasteiger partial charge in [0.2, 0.25) is 12.1 Å². The van der Waals surface area contributed by atoms with Crippen molar-refractivity contribution in [2.75, 3.05) is 11.9 Å². The molecule has 0 saturated carbocycles. The number of nitrogens with one attached hydrogen (secondary N) is 1. The number of hydrogen-bond acceptors (Lipinski definition) is 6. The Hall–Kier alpha value is -2.90. The van der Waals surface area contributed by atoms with Gasteiger partial charge in [-0.25, -0.2) is 0 Å². The van der Waals surface area contributed by atoms with E-state index < -0.39 is 11.2 Å². The molecule has 0 radical (unpaired) electrons. The monoisotopic (exact) mass is 374 g/mol. The lowest BCUT2D eigenvalue weighted by molar-refractivity contribution is -0.384. The summed E-state index contributed by atoms with van der Waals surface area (Å²) in [5.41, 5.74) is 0.985. The minimum atomic E-state index is -0.882. The van der Waals surface area contributed by atoms with Crippen molar-refractivity contribution in [1.29, 1.82) is 0 Å². The largest absolute Gasteiger partial charge is 0.460 e. The summed E-state index contributed by atoms with van der Waals surface area (Å²) in [6.45, 7) is 2.13. The van der Waals surface area contributed by atoms with Crippen LogP contribution in [-0.2, 0) is 4.74 Å². The summed E-state index contributed by atoms with van der Waals surface area (Å²) in [6.07, 6.45) is 0.554. The van der Waals surface area contributed by atoms with E-state index in [9.17, 15) is 14.9 Å². The molecule has 0 amide bonds. The van der Waals surface area contributed by atoms with Gasteiger partial charge in [-0.15, -0.1) is 0 Å². The van der Waals surface area contributed by atoms with Gasteiger partial charge in [0.05, 0.1) is 16.1 Å². The van der Waals surface area contributed by atoms with Gasteiger partial charge in [0.25, 0.3) is 5.69 Å². The lowest BCUT2D eigenvalue weighted by Crippen LogP contribution is -2.33. The first-order chi connectivity index (χ1) is 12.5. The molecule has 0 spiro atoms. The molecule has 1 aliphatic heterocycles.